The topological polar surface area (TPSA) is 113 Å². The Hall–Kier alpha value is -3.97. The number of hydrogen-bond acceptors (Lipinski definition) is 4. The number of nitrogens with one attached hydrogen (secondary N) is 1. The van der Waals surface area contributed by atoms with Gasteiger partial charge >= 0.3 is 0 Å². The van der Waals surface area contributed by atoms with Crippen molar-refractivity contribution in [3.8, 4) is 0 Å². The first-order valence-corrected chi connectivity index (χ1v) is 11.7. The van der Waals surface area contributed by atoms with Gasteiger partial charge in [0.05, 0.1) is 0 Å². The van der Waals surface area contributed by atoms with Gasteiger partial charge in [0.15, 0.2) is 5.60 Å². The molecule has 1 aliphatic rings. The number of primary amides is 1. The van der Waals surface area contributed by atoms with Crippen LogP contribution in [-0.4, -0.2) is 40.8 Å². The molecule has 1 aliphatic heterocycles. The molecule has 2 unspecified atom stereocenters. The van der Waals surface area contributed by atoms with Crippen LogP contribution in [-0.2, 0) is 15.2 Å². The molecule has 1 fully saturated rings. The van der Waals surface area contributed by atoms with Gasteiger partial charge in [-0.25, -0.2) is 0 Å². The Bertz CT molecular complexity index is 1180. The minimum absolute atomic E-state index is 0.131. The number of carbonyl (C=O) groups excluding carboxylic acids is 3. The van der Waals surface area contributed by atoms with Crippen LogP contribution in [0.3, 0.4) is 0 Å². The highest BCUT2D eigenvalue weighted by atomic mass is 16.3. The molecular formula is C28H29N3O4. The summed E-state index contributed by atoms with van der Waals surface area (Å²) in [6, 6.07) is 22.8. The Labute approximate surface area is 204 Å². The van der Waals surface area contributed by atoms with Crippen LogP contribution in [0.2, 0.25) is 0 Å². The molecule has 3 aromatic carbocycles. The first kappa shape index (κ1) is 24.2. The third-order valence-electron chi connectivity index (χ3n) is 6.44. The highest BCUT2D eigenvalue weighted by Gasteiger charge is 2.38. The maximum absolute atomic E-state index is 13.3. The number of piperidine rings is 1. The van der Waals surface area contributed by atoms with Crippen LogP contribution in [0.4, 0.5) is 0 Å². The van der Waals surface area contributed by atoms with Crippen LogP contribution in [0.15, 0.2) is 84.9 Å². The largest absolute Gasteiger partial charge is 0.372 e. The zero-order chi connectivity index (χ0) is 24.8. The van der Waals surface area contributed by atoms with Gasteiger partial charge in [-0.2, -0.15) is 0 Å². The molecule has 180 valence electrons. The van der Waals surface area contributed by atoms with Crippen molar-refractivity contribution in [3.63, 3.8) is 0 Å². The van der Waals surface area contributed by atoms with Gasteiger partial charge in [0.25, 0.3) is 11.8 Å². The van der Waals surface area contributed by atoms with E-state index in [0.29, 0.717) is 29.8 Å². The minimum Gasteiger partial charge on any atom is -0.372 e. The molecule has 0 aliphatic carbocycles. The third kappa shape index (κ3) is 5.10. The monoisotopic (exact) mass is 471 g/mol. The quantitative estimate of drug-likeness (QED) is 0.492. The minimum atomic E-state index is -2.03. The molecule has 7 heteroatoms. The van der Waals surface area contributed by atoms with E-state index >= 15 is 0 Å². The molecule has 4 N–H and O–H groups in total. The SMILES string of the molecule is NC(=O)C(O)(c1ccccc1)c1ccc(C(=O)NC(C(=O)N2CCCCC2)c2ccccc2)cc1. The van der Waals surface area contributed by atoms with Crippen LogP contribution in [0, 0.1) is 0 Å². The fourth-order valence-electron chi connectivity index (χ4n) is 4.44. The lowest BCUT2D eigenvalue weighted by Crippen LogP contribution is -2.45. The van der Waals surface area contributed by atoms with Gasteiger partial charge in [-0.3, -0.25) is 14.4 Å². The molecular weight excluding hydrogens is 442 g/mol. The maximum Gasteiger partial charge on any atom is 0.258 e. The second kappa shape index (κ2) is 10.5. The first-order valence-electron chi connectivity index (χ1n) is 11.7. The van der Waals surface area contributed by atoms with E-state index in [0.717, 1.165) is 19.3 Å². The van der Waals surface area contributed by atoms with Crippen LogP contribution >= 0.6 is 0 Å². The second-order valence-corrected chi connectivity index (χ2v) is 8.72. The van der Waals surface area contributed by atoms with Crippen molar-refractivity contribution in [2.45, 2.75) is 30.9 Å². The van der Waals surface area contributed by atoms with Gasteiger partial charge in [-0.15, -0.1) is 0 Å². The Morgan fingerprint density at radius 3 is 1.91 bits per heavy atom. The average Bonchev–Trinajstić information content (AvgIpc) is 2.92. The molecule has 3 amide bonds. The second-order valence-electron chi connectivity index (χ2n) is 8.72. The molecule has 1 saturated heterocycles. The van der Waals surface area contributed by atoms with Crippen molar-refractivity contribution in [1.82, 2.24) is 10.2 Å². The predicted octanol–water partition coefficient (Wildman–Crippen LogP) is 2.89. The number of rotatable bonds is 7. The van der Waals surface area contributed by atoms with Crippen LogP contribution in [0.25, 0.3) is 0 Å². The van der Waals surface area contributed by atoms with Crippen molar-refractivity contribution in [3.05, 3.63) is 107 Å². The Kier molecular flexibility index (Phi) is 7.27. The van der Waals surface area contributed by atoms with Crippen LogP contribution < -0.4 is 11.1 Å². The average molecular weight is 472 g/mol. The van der Waals surface area contributed by atoms with Crippen molar-refractivity contribution in [1.29, 1.82) is 0 Å². The van der Waals surface area contributed by atoms with E-state index in [1.54, 1.807) is 35.2 Å². The van der Waals surface area contributed by atoms with E-state index in [2.05, 4.69) is 5.32 Å². The van der Waals surface area contributed by atoms with E-state index in [1.807, 2.05) is 30.3 Å². The number of benzene rings is 3. The maximum atomic E-state index is 13.3. The smallest absolute Gasteiger partial charge is 0.258 e. The van der Waals surface area contributed by atoms with E-state index in [4.69, 9.17) is 5.73 Å². The van der Waals surface area contributed by atoms with Gasteiger partial charge in [-0.1, -0.05) is 72.8 Å². The normalized spacial score (nSPS) is 16.1. The molecule has 4 rings (SSSR count). The Balaban J connectivity index is 1.58. The third-order valence-corrected chi connectivity index (χ3v) is 6.44. The summed E-state index contributed by atoms with van der Waals surface area (Å²) in [5.41, 5.74) is 5.10. The molecule has 0 bridgehead atoms. The Morgan fingerprint density at radius 2 is 1.34 bits per heavy atom. The highest BCUT2D eigenvalue weighted by molar-refractivity contribution is 5.98. The molecule has 1 heterocycles. The van der Waals surface area contributed by atoms with Gasteiger partial charge in [-0.05, 0) is 48.1 Å². The summed E-state index contributed by atoms with van der Waals surface area (Å²) in [7, 11) is 0. The lowest BCUT2D eigenvalue weighted by molar-refractivity contribution is -0.134. The zero-order valence-electron chi connectivity index (χ0n) is 19.4. The van der Waals surface area contributed by atoms with Crippen LogP contribution in [0.1, 0.15) is 52.4 Å². The number of hydrogen-bond donors (Lipinski definition) is 3. The van der Waals surface area contributed by atoms with Gasteiger partial charge < -0.3 is 21.1 Å². The van der Waals surface area contributed by atoms with Gasteiger partial charge in [0.2, 0.25) is 5.91 Å². The number of nitrogens with zero attached hydrogens (tertiary/aromatic N) is 1. The van der Waals surface area contributed by atoms with Crippen molar-refractivity contribution in [2.75, 3.05) is 13.1 Å². The van der Waals surface area contributed by atoms with E-state index < -0.39 is 23.5 Å². The lowest BCUT2D eigenvalue weighted by atomic mass is 9.85. The number of likely N-dealkylation sites (tertiary alicyclic amines) is 1. The highest BCUT2D eigenvalue weighted by Crippen LogP contribution is 2.30. The molecule has 7 nitrogen and oxygen atoms in total. The predicted molar refractivity (Wildman–Crippen MR) is 132 cm³/mol. The fraction of sp³-hybridized carbons (Fsp3) is 0.250. The summed E-state index contributed by atoms with van der Waals surface area (Å²) in [4.78, 5) is 40.5. The van der Waals surface area contributed by atoms with Gasteiger partial charge in [0, 0.05) is 18.7 Å². The van der Waals surface area contributed by atoms with E-state index in [-0.39, 0.29) is 11.5 Å². The standard InChI is InChI=1S/C28H29N3O4/c29-27(34)28(35,22-12-6-2-7-13-22)23-16-14-21(15-17-23)25(32)30-24(20-10-4-1-5-11-20)26(33)31-18-8-3-9-19-31/h1-2,4-7,10-17,24,35H,3,8-9,18-19H2,(H2,29,34)(H,30,32). The summed E-state index contributed by atoms with van der Waals surface area (Å²) in [5.74, 6) is -1.48. The summed E-state index contributed by atoms with van der Waals surface area (Å²) in [5, 5.41) is 14.0. The summed E-state index contributed by atoms with van der Waals surface area (Å²) in [6.45, 7) is 1.36. The molecule has 0 aromatic heterocycles. The van der Waals surface area contributed by atoms with E-state index in [9.17, 15) is 19.5 Å². The van der Waals surface area contributed by atoms with E-state index in [1.165, 1.54) is 24.3 Å². The zero-order valence-corrected chi connectivity index (χ0v) is 19.4. The number of nitrogens with two attached hydrogens (primary N) is 1. The fourth-order valence-corrected chi connectivity index (χ4v) is 4.44. The number of amides is 3. The Morgan fingerprint density at radius 1 is 0.800 bits per heavy atom. The number of carbonyl (C=O) groups is 3. The molecule has 35 heavy (non-hydrogen) atoms. The van der Waals surface area contributed by atoms with Gasteiger partial charge in [0.1, 0.15) is 6.04 Å². The number of aliphatic hydroxyl groups is 1. The van der Waals surface area contributed by atoms with Crippen molar-refractivity contribution in [2.24, 2.45) is 5.73 Å². The molecule has 2 atom stereocenters. The molecule has 0 saturated carbocycles. The molecule has 0 radical (unpaired) electrons. The molecule has 0 spiro atoms. The van der Waals surface area contributed by atoms with Crippen molar-refractivity contribution < 1.29 is 19.5 Å². The first-order chi connectivity index (χ1) is 16.9. The van der Waals surface area contributed by atoms with Crippen molar-refractivity contribution >= 4 is 17.7 Å². The summed E-state index contributed by atoms with van der Waals surface area (Å²) >= 11 is 0. The summed E-state index contributed by atoms with van der Waals surface area (Å²) < 4.78 is 0. The lowest BCUT2D eigenvalue weighted by Gasteiger charge is -2.31. The van der Waals surface area contributed by atoms with Crippen LogP contribution in [0.5, 0.6) is 0 Å². The molecule has 3 aromatic rings. The summed E-state index contributed by atoms with van der Waals surface area (Å²) in [6.07, 6.45) is 3.00.